The number of hydrogen-bond donors (Lipinski definition) is 1. The first-order chi connectivity index (χ1) is 11.1. The monoisotopic (exact) mass is 305 g/mol. The van der Waals surface area contributed by atoms with Crippen molar-refractivity contribution < 1.29 is 14.3 Å². The molecular formula is C19H15NO3. The van der Waals surface area contributed by atoms with Crippen molar-refractivity contribution in [3.05, 3.63) is 72.3 Å². The summed E-state index contributed by atoms with van der Waals surface area (Å²) >= 11 is 0. The molecular weight excluding hydrogens is 290 g/mol. The normalized spacial score (nSPS) is 10.3. The molecule has 3 aromatic carbocycles. The Hall–Kier alpha value is -3.14. The van der Waals surface area contributed by atoms with Gasteiger partial charge in [-0.2, -0.15) is 0 Å². The second-order valence-electron chi connectivity index (χ2n) is 5.16. The predicted molar refractivity (Wildman–Crippen MR) is 90.0 cm³/mol. The molecule has 4 heteroatoms. The highest BCUT2D eigenvalue weighted by Crippen LogP contribution is 2.21. The fourth-order valence-corrected chi connectivity index (χ4v) is 2.27. The van der Waals surface area contributed by atoms with Crippen molar-refractivity contribution in [1.82, 2.24) is 0 Å². The van der Waals surface area contributed by atoms with E-state index in [-0.39, 0.29) is 5.78 Å². The molecule has 0 atom stereocenters. The summed E-state index contributed by atoms with van der Waals surface area (Å²) in [7, 11) is 0. The summed E-state index contributed by atoms with van der Waals surface area (Å²) in [5.41, 5.74) is 1.17. The number of nitrogens with one attached hydrogen (secondary N) is 1. The Kier molecular flexibility index (Phi) is 4.06. The van der Waals surface area contributed by atoms with Gasteiger partial charge >= 0.3 is 6.09 Å². The minimum atomic E-state index is -0.573. The molecule has 0 aromatic heterocycles. The fourth-order valence-electron chi connectivity index (χ4n) is 2.27. The van der Waals surface area contributed by atoms with Gasteiger partial charge in [-0.3, -0.25) is 10.1 Å². The van der Waals surface area contributed by atoms with Crippen LogP contribution in [0.15, 0.2) is 66.7 Å². The Balaban J connectivity index is 1.69. The van der Waals surface area contributed by atoms with Crippen LogP contribution in [-0.4, -0.2) is 11.9 Å². The average Bonchev–Trinajstić information content (AvgIpc) is 2.55. The zero-order chi connectivity index (χ0) is 16.2. The smallest absolute Gasteiger partial charge is 0.410 e. The van der Waals surface area contributed by atoms with E-state index < -0.39 is 6.09 Å². The summed E-state index contributed by atoms with van der Waals surface area (Å²) in [6.07, 6.45) is -0.573. The second kappa shape index (κ2) is 6.32. The lowest BCUT2D eigenvalue weighted by Gasteiger charge is -2.08. The van der Waals surface area contributed by atoms with Gasteiger partial charge in [-0.05, 0) is 54.1 Å². The molecule has 0 bridgehead atoms. The number of carbonyl (C=O) groups is 2. The first-order valence-corrected chi connectivity index (χ1v) is 7.20. The van der Waals surface area contributed by atoms with Crippen molar-refractivity contribution in [3.63, 3.8) is 0 Å². The molecule has 0 aliphatic carbocycles. The van der Waals surface area contributed by atoms with Crippen molar-refractivity contribution in [2.75, 3.05) is 5.32 Å². The Morgan fingerprint density at radius 3 is 2.26 bits per heavy atom. The van der Waals surface area contributed by atoms with Gasteiger partial charge in [-0.15, -0.1) is 0 Å². The largest absolute Gasteiger partial charge is 0.417 e. The maximum absolute atomic E-state index is 11.9. The van der Waals surface area contributed by atoms with E-state index in [1.807, 2.05) is 36.4 Å². The van der Waals surface area contributed by atoms with Crippen molar-refractivity contribution in [2.24, 2.45) is 0 Å². The lowest BCUT2D eigenvalue weighted by molar-refractivity contribution is 0.101. The van der Waals surface area contributed by atoms with Gasteiger partial charge in [0.2, 0.25) is 0 Å². The molecule has 4 nitrogen and oxygen atoms in total. The molecule has 114 valence electrons. The van der Waals surface area contributed by atoms with Crippen LogP contribution in [0.1, 0.15) is 17.3 Å². The highest BCUT2D eigenvalue weighted by Gasteiger charge is 2.06. The van der Waals surface area contributed by atoms with Gasteiger partial charge in [-0.1, -0.05) is 30.3 Å². The SMILES string of the molecule is CC(=O)c1ccc(NC(=O)Oc2ccc3ccccc3c2)cc1. The highest BCUT2D eigenvalue weighted by molar-refractivity contribution is 5.95. The number of fused-ring (bicyclic) bond motifs is 1. The van der Waals surface area contributed by atoms with Crippen LogP contribution in [0.5, 0.6) is 5.75 Å². The van der Waals surface area contributed by atoms with Crippen molar-refractivity contribution in [1.29, 1.82) is 0 Å². The molecule has 0 aliphatic heterocycles. The van der Waals surface area contributed by atoms with Crippen molar-refractivity contribution >= 4 is 28.3 Å². The van der Waals surface area contributed by atoms with Crippen LogP contribution >= 0.6 is 0 Å². The maximum Gasteiger partial charge on any atom is 0.417 e. The molecule has 0 unspecified atom stereocenters. The van der Waals surface area contributed by atoms with E-state index in [0.717, 1.165) is 10.8 Å². The number of ether oxygens (including phenoxy) is 1. The molecule has 3 aromatic rings. The first kappa shape index (κ1) is 14.8. The number of benzene rings is 3. The number of anilines is 1. The van der Waals surface area contributed by atoms with E-state index in [4.69, 9.17) is 4.74 Å². The minimum absolute atomic E-state index is 0.0182. The first-order valence-electron chi connectivity index (χ1n) is 7.20. The van der Waals surface area contributed by atoms with Gasteiger partial charge in [0, 0.05) is 11.3 Å². The van der Waals surface area contributed by atoms with E-state index in [0.29, 0.717) is 17.0 Å². The average molecular weight is 305 g/mol. The molecule has 0 radical (unpaired) electrons. The fraction of sp³-hybridized carbons (Fsp3) is 0.0526. The van der Waals surface area contributed by atoms with Gasteiger partial charge in [0.05, 0.1) is 0 Å². The molecule has 0 spiro atoms. The zero-order valence-electron chi connectivity index (χ0n) is 12.6. The summed E-state index contributed by atoms with van der Waals surface area (Å²) < 4.78 is 5.29. The van der Waals surface area contributed by atoms with E-state index >= 15 is 0 Å². The van der Waals surface area contributed by atoms with Gasteiger partial charge in [0.15, 0.2) is 5.78 Å². The minimum Gasteiger partial charge on any atom is -0.410 e. The molecule has 1 N–H and O–H groups in total. The van der Waals surface area contributed by atoms with E-state index in [1.54, 1.807) is 30.3 Å². The van der Waals surface area contributed by atoms with Crippen LogP contribution in [0.2, 0.25) is 0 Å². The molecule has 0 saturated carbocycles. The lowest BCUT2D eigenvalue weighted by Crippen LogP contribution is -2.16. The number of Topliss-reactive ketones (excluding diaryl/α,β-unsaturated/α-hetero) is 1. The summed E-state index contributed by atoms with van der Waals surface area (Å²) in [6.45, 7) is 1.50. The molecule has 1 amide bonds. The summed E-state index contributed by atoms with van der Waals surface area (Å²) in [5, 5.41) is 4.72. The van der Waals surface area contributed by atoms with E-state index in [9.17, 15) is 9.59 Å². The number of rotatable bonds is 3. The van der Waals surface area contributed by atoms with E-state index in [2.05, 4.69) is 5.32 Å². The molecule has 3 rings (SSSR count). The van der Waals surface area contributed by atoms with E-state index in [1.165, 1.54) is 6.92 Å². The van der Waals surface area contributed by atoms with Crippen LogP contribution in [0, 0.1) is 0 Å². The third-order valence-corrected chi connectivity index (χ3v) is 3.47. The summed E-state index contributed by atoms with van der Waals surface area (Å²) in [5.74, 6) is 0.455. The van der Waals surface area contributed by atoms with Gasteiger partial charge in [0.1, 0.15) is 5.75 Å². The second-order valence-corrected chi connectivity index (χ2v) is 5.16. The van der Waals surface area contributed by atoms with Crippen LogP contribution in [-0.2, 0) is 0 Å². The Morgan fingerprint density at radius 1 is 0.870 bits per heavy atom. The van der Waals surface area contributed by atoms with Crippen LogP contribution < -0.4 is 10.1 Å². The highest BCUT2D eigenvalue weighted by atomic mass is 16.6. The Bertz CT molecular complexity index is 869. The number of carbonyl (C=O) groups excluding carboxylic acids is 2. The Labute approximate surface area is 133 Å². The lowest BCUT2D eigenvalue weighted by atomic mass is 10.1. The number of amides is 1. The third-order valence-electron chi connectivity index (χ3n) is 3.47. The standard InChI is InChI=1S/C19H15NO3/c1-13(21)14-6-9-17(10-7-14)20-19(22)23-18-11-8-15-4-2-3-5-16(15)12-18/h2-12H,1H3,(H,20,22). The molecule has 23 heavy (non-hydrogen) atoms. The number of hydrogen-bond acceptors (Lipinski definition) is 3. The molecule has 0 heterocycles. The molecule has 0 aliphatic rings. The van der Waals surface area contributed by atoms with Crippen LogP contribution in [0.4, 0.5) is 10.5 Å². The predicted octanol–water partition coefficient (Wildman–Crippen LogP) is 4.65. The van der Waals surface area contributed by atoms with Crippen LogP contribution in [0.25, 0.3) is 10.8 Å². The van der Waals surface area contributed by atoms with Crippen molar-refractivity contribution in [3.8, 4) is 5.75 Å². The number of ketones is 1. The third kappa shape index (κ3) is 3.55. The van der Waals surface area contributed by atoms with Crippen LogP contribution in [0.3, 0.4) is 0 Å². The van der Waals surface area contributed by atoms with Gasteiger partial charge in [0.25, 0.3) is 0 Å². The molecule has 0 fully saturated rings. The summed E-state index contributed by atoms with van der Waals surface area (Å²) in [6, 6.07) is 20.0. The topological polar surface area (TPSA) is 55.4 Å². The summed E-state index contributed by atoms with van der Waals surface area (Å²) in [4.78, 5) is 23.2. The quantitative estimate of drug-likeness (QED) is 0.716. The van der Waals surface area contributed by atoms with Gasteiger partial charge < -0.3 is 4.74 Å². The Morgan fingerprint density at radius 2 is 1.57 bits per heavy atom. The molecule has 0 saturated heterocycles. The van der Waals surface area contributed by atoms with Crippen molar-refractivity contribution in [2.45, 2.75) is 6.92 Å². The van der Waals surface area contributed by atoms with Gasteiger partial charge in [-0.25, -0.2) is 4.79 Å². The zero-order valence-corrected chi connectivity index (χ0v) is 12.6. The maximum atomic E-state index is 11.9.